The number of carbonyl (C=O) groups excluding carboxylic acids is 1. The number of amides is 1. The number of rotatable bonds is 2. The van der Waals surface area contributed by atoms with Crippen molar-refractivity contribution in [1.82, 2.24) is 10.2 Å². The minimum atomic E-state index is -0.406. The molecule has 3 aliphatic rings. The molecule has 22 heavy (non-hydrogen) atoms. The third-order valence-corrected chi connectivity index (χ3v) is 5.51. The second-order valence-corrected chi connectivity index (χ2v) is 8.57. The van der Waals surface area contributed by atoms with E-state index in [9.17, 15) is 4.79 Å². The van der Waals surface area contributed by atoms with Gasteiger partial charge < -0.3 is 15.0 Å². The average Bonchev–Trinajstić information content (AvgIpc) is 2.94. The summed E-state index contributed by atoms with van der Waals surface area (Å²) >= 11 is 0. The second kappa shape index (κ2) is 6.38. The summed E-state index contributed by atoms with van der Waals surface area (Å²) in [5, 5.41) is 3.89. The van der Waals surface area contributed by atoms with Crippen molar-refractivity contribution < 1.29 is 9.53 Å². The summed E-state index contributed by atoms with van der Waals surface area (Å²) < 4.78 is 5.56. The van der Waals surface area contributed by atoms with Gasteiger partial charge in [-0.05, 0) is 64.7 Å². The van der Waals surface area contributed by atoms with E-state index in [-0.39, 0.29) is 6.09 Å². The highest BCUT2D eigenvalue weighted by molar-refractivity contribution is 5.68. The monoisotopic (exact) mass is 308 g/mol. The topological polar surface area (TPSA) is 41.6 Å². The molecule has 4 unspecified atom stereocenters. The standard InChI is InChI=1S/C18H32N2O2/c1-18(2,3)22-17(21)20-9-5-4-6-15(12-20)19-16-11-13-7-8-14(16)10-13/h13-16,19H,4-12H2,1-3H3. The molecule has 1 saturated heterocycles. The maximum Gasteiger partial charge on any atom is 0.410 e. The first kappa shape index (κ1) is 16.1. The average molecular weight is 308 g/mol. The molecule has 4 heteroatoms. The number of nitrogens with zero attached hydrogens (tertiary/aromatic N) is 1. The lowest BCUT2D eigenvalue weighted by Gasteiger charge is -2.32. The number of fused-ring (bicyclic) bond motifs is 2. The van der Waals surface area contributed by atoms with Crippen LogP contribution in [0.2, 0.25) is 0 Å². The van der Waals surface area contributed by atoms with Crippen LogP contribution < -0.4 is 5.32 Å². The highest BCUT2D eigenvalue weighted by atomic mass is 16.6. The quantitative estimate of drug-likeness (QED) is 0.848. The van der Waals surface area contributed by atoms with Gasteiger partial charge in [-0.25, -0.2) is 4.79 Å². The summed E-state index contributed by atoms with van der Waals surface area (Å²) in [5.41, 5.74) is -0.406. The van der Waals surface area contributed by atoms with Gasteiger partial charge in [0.15, 0.2) is 0 Å². The fourth-order valence-corrected chi connectivity index (χ4v) is 4.52. The smallest absolute Gasteiger partial charge is 0.410 e. The summed E-state index contributed by atoms with van der Waals surface area (Å²) in [6, 6.07) is 1.14. The molecule has 1 aliphatic heterocycles. The molecule has 3 rings (SSSR count). The SMILES string of the molecule is CC(C)(C)OC(=O)N1CCCCC(NC2CC3CCC2C3)C1. The molecule has 0 aromatic carbocycles. The molecule has 0 radical (unpaired) electrons. The van der Waals surface area contributed by atoms with E-state index in [4.69, 9.17) is 4.74 Å². The highest BCUT2D eigenvalue weighted by Crippen LogP contribution is 2.44. The van der Waals surface area contributed by atoms with Gasteiger partial charge in [0.1, 0.15) is 5.60 Å². The summed E-state index contributed by atoms with van der Waals surface area (Å²) in [6.07, 6.45) is 8.98. The molecule has 2 aliphatic carbocycles. The van der Waals surface area contributed by atoms with E-state index in [1.165, 1.54) is 38.5 Å². The Morgan fingerprint density at radius 1 is 1.14 bits per heavy atom. The van der Waals surface area contributed by atoms with Crippen LogP contribution in [0.5, 0.6) is 0 Å². The first-order valence-electron chi connectivity index (χ1n) is 9.15. The Bertz CT molecular complexity index is 404. The lowest BCUT2D eigenvalue weighted by Crippen LogP contribution is -2.48. The van der Waals surface area contributed by atoms with Crippen LogP contribution in [-0.4, -0.2) is 41.8 Å². The van der Waals surface area contributed by atoms with Crippen molar-refractivity contribution in [3.63, 3.8) is 0 Å². The number of carbonyl (C=O) groups is 1. The van der Waals surface area contributed by atoms with E-state index < -0.39 is 5.60 Å². The van der Waals surface area contributed by atoms with Crippen LogP contribution >= 0.6 is 0 Å². The summed E-state index contributed by atoms with van der Waals surface area (Å²) in [6.45, 7) is 7.46. The molecule has 2 saturated carbocycles. The van der Waals surface area contributed by atoms with Crippen molar-refractivity contribution in [1.29, 1.82) is 0 Å². The lowest BCUT2D eigenvalue weighted by molar-refractivity contribution is 0.0240. The summed E-state index contributed by atoms with van der Waals surface area (Å²) in [4.78, 5) is 14.3. The first-order chi connectivity index (χ1) is 10.4. The van der Waals surface area contributed by atoms with Gasteiger partial charge in [-0.15, -0.1) is 0 Å². The van der Waals surface area contributed by atoms with Crippen molar-refractivity contribution in [2.75, 3.05) is 13.1 Å². The van der Waals surface area contributed by atoms with E-state index in [0.29, 0.717) is 12.1 Å². The van der Waals surface area contributed by atoms with Crippen LogP contribution in [-0.2, 0) is 4.74 Å². The fraction of sp³-hybridized carbons (Fsp3) is 0.944. The second-order valence-electron chi connectivity index (χ2n) is 8.57. The number of hydrogen-bond donors (Lipinski definition) is 1. The van der Waals surface area contributed by atoms with Crippen LogP contribution in [0.25, 0.3) is 0 Å². The van der Waals surface area contributed by atoms with E-state index >= 15 is 0 Å². The predicted octanol–water partition coefficient (Wildman–Crippen LogP) is 3.55. The van der Waals surface area contributed by atoms with Crippen molar-refractivity contribution in [3.8, 4) is 0 Å². The highest BCUT2D eigenvalue weighted by Gasteiger charge is 2.40. The molecule has 4 atom stereocenters. The summed E-state index contributed by atoms with van der Waals surface area (Å²) in [5.74, 6) is 1.86. The molecule has 0 spiro atoms. The molecule has 126 valence electrons. The Labute approximate surface area is 135 Å². The molecule has 1 heterocycles. The van der Waals surface area contributed by atoms with Crippen molar-refractivity contribution >= 4 is 6.09 Å². The van der Waals surface area contributed by atoms with Gasteiger partial charge >= 0.3 is 6.09 Å². The predicted molar refractivity (Wildman–Crippen MR) is 87.8 cm³/mol. The normalized spacial score (nSPS) is 35.5. The van der Waals surface area contributed by atoms with Crippen LogP contribution in [0.3, 0.4) is 0 Å². The molecule has 0 aromatic heterocycles. The van der Waals surface area contributed by atoms with E-state index in [1.54, 1.807) is 0 Å². The Hall–Kier alpha value is -0.770. The third kappa shape index (κ3) is 3.95. The zero-order valence-electron chi connectivity index (χ0n) is 14.4. The molecule has 4 nitrogen and oxygen atoms in total. The Kier molecular flexibility index (Phi) is 4.67. The van der Waals surface area contributed by atoms with E-state index in [2.05, 4.69) is 5.32 Å². The zero-order valence-corrected chi connectivity index (χ0v) is 14.4. The van der Waals surface area contributed by atoms with Gasteiger partial charge in [-0.1, -0.05) is 12.8 Å². The molecule has 1 amide bonds. The van der Waals surface area contributed by atoms with E-state index in [1.807, 2.05) is 25.7 Å². The summed E-state index contributed by atoms with van der Waals surface area (Å²) in [7, 11) is 0. The third-order valence-electron chi connectivity index (χ3n) is 5.51. The first-order valence-corrected chi connectivity index (χ1v) is 9.15. The van der Waals surface area contributed by atoms with Gasteiger partial charge in [0.2, 0.25) is 0 Å². The van der Waals surface area contributed by atoms with Crippen LogP contribution in [0.1, 0.15) is 65.7 Å². The maximum atomic E-state index is 12.4. The van der Waals surface area contributed by atoms with Gasteiger partial charge in [0.25, 0.3) is 0 Å². The van der Waals surface area contributed by atoms with Crippen LogP contribution in [0.15, 0.2) is 0 Å². The van der Waals surface area contributed by atoms with Crippen molar-refractivity contribution in [3.05, 3.63) is 0 Å². The molecular weight excluding hydrogens is 276 g/mol. The van der Waals surface area contributed by atoms with Crippen molar-refractivity contribution in [2.24, 2.45) is 11.8 Å². The number of ether oxygens (including phenoxy) is 1. The zero-order chi connectivity index (χ0) is 15.7. The van der Waals surface area contributed by atoms with E-state index in [0.717, 1.165) is 31.3 Å². The molecule has 1 N–H and O–H groups in total. The maximum absolute atomic E-state index is 12.4. The van der Waals surface area contributed by atoms with Gasteiger partial charge in [-0.3, -0.25) is 0 Å². The lowest BCUT2D eigenvalue weighted by atomic mass is 9.94. The minimum absolute atomic E-state index is 0.144. The van der Waals surface area contributed by atoms with Gasteiger partial charge in [0, 0.05) is 25.2 Å². The van der Waals surface area contributed by atoms with Gasteiger partial charge in [-0.2, -0.15) is 0 Å². The number of likely N-dealkylation sites (tertiary alicyclic amines) is 1. The molecule has 0 aromatic rings. The van der Waals surface area contributed by atoms with Crippen molar-refractivity contribution in [2.45, 2.75) is 83.4 Å². The Morgan fingerprint density at radius 2 is 1.95 bits per heavy atom. The number of hydrogen-bond acceptors (Lipinski definition) is 3. The number of nitrogens with one attached hydrogen (secondary N) is 1. The largest absolute Gasteiger partial charge is 0.444 e. The minimum Gasteiger partial charge on any atom is -0.444 e. The van der Waals surface area contributed by atoms with Crippen LogP contribution in [0, 0.1) is 11.8 Å². The molecule has 3 fully saturated rings. The molecular formula is C18H32N2O2. The fourth-order valence-electron chi connectivity index (χ4n) is 4.52. The Morgan fingerprint density at radius 3 is 2.59 bits per heavy atom. The molecule has 2 bridgehead atoms. The Balaban J connectivity index is 1.54. The van der Waals surface area contributed by atoms with Gasteiger partial charge in [0.05, 0.1) is 0 Å². The van der Waals surface area contributed by atoms with Crippen LogP contribution in [0.4, 0.5) is 4.79 Å².